The predicted molar refractivity (Wildman–Crippen MR) is 75.7 cm³/mol. The highest BCUT2D eigenvalue weighted by atomic mass is 15.2. The van der Waals surface area contributed by atoms with Gasteiger partial charge in [-0.2, -0.15) is 0 Å². The van der Waals surface area contributed by atoms with Gasteiger partial charge in [0.1, 0.15) is 0 Å². The Balaban J connectivity index is 1.66. The number of nitrogens with zero attached hydrogens (tertiary/aromatic N) is 2. The van der Waals surface area contributed by atoms with Crippen molar-refractivity contribution in [2.75, 3.05) is 5.73 Å². The maximum absolute atomic E-state index is 6.21. The molecule has 2 bridgehead atoms. The van der Waals surface area contributed by atoms with Crippen LogP contribution >= 0.6 is 0 Å². The van der Waals surface area contributed by atoms with Crippen LogP contribution in [0.5, 0.6) is 0 Å². The fraction of sp³-hybridized carbons (Fsp3) is 0.562. The van der Waals surface area contributed by atoms with Gasteiger partial charge in [0.15, 0.2) is 0 Å². The van der Waals surface area contributed by atoms with Gasteiger partial charge in [0.2, 0.25) is 5.95 Å². The largest absolute Gasteiger partial charge is 0.369 e. The lowest BCUT2D eigenvalue weighted by atomic mass is 10.0. The lowest BCUT2D eigenvalue weighted by Gasteiger charge is -2.12. The van der Waals surface area contributed by atoms with E-state index < -0.39 is 0 Å². The van der Waals surface area contributed by atoms with Crippen LogP contribution in [0.4, 0.5) is 5.95 Å². The van der Waals surface area contributed by atoms with E-state index in [9.17, 15) is 0 Å². The summed E-state index contributed by atoms with van der Waals surface area (Å²) < 4.78 is 2.35. The number of hydrogen-bond donors (Lipinski definition) is 1. The van der Waals surface area contributed by atoms with Gasteiger partial charge >= 0.3 is 0 Å². The minimum Gasteiger partial charge on any atom is -0.369 e. The van der Waals surface area contributed by atoms with E-state index in [1.54, 1.807) is 0 Å². The summed E-state index contributed by atoms with van der Waals surface area (Å²) in [5, 5.41) is 0. The number of aryl methyl sites for hydroxylation is 1. The topological polar surface area (TPSA) is 43.8 Å². The maximum atomic E-state index is 6.21. The van der Waals surface area contributed by atoms with Crippen LogP contribution in [-0.4, -0.2) is 9.55 Å². The quantitative estimate of drug-likeness (QED) is 0.848. The SMILES string of the molecule is Cc1ccc2nc(N)n(C3C4C5CCC(C5)C43)c2c1. The first-order chi connectivity index (χ1) is 9.24. The molecule has 0 amide bonds. The normalized spacial score (nSPS) is 38.9. The number of nitrogen functional groups attached to an aromatic ring is 1. The molecule has 1 heterocycles. The second kappa shape index (κ2) is 3.14. The molecule has 2 aromatic rings. The maximum Gasteiger partial charge on any atom is 0.201 e. The highest BCUT2D eigenvalue weighted by molar-refractivity contribution is 5.79. The van der Waals surface area contributed by atoms with Crippen molar-refractivity contribution in [3.63, 3.8) is 0 Å². The van der Waals surface area contributed by atoms with Crippen LogP contribution < -0.4 is 5.73 Å². The molecule has 4 unspecified atom stereocenters. The minimum absolute atomic E-state index is 0.651. The molecule has 1 aromatic carbocycles. The highest BCUT2D eigenvalue weighted by Gasteiger charge is 2.66. The summed E-state index contributed by atoms with van der Waals surface area (Å²) in [6.45, 7) is 2.14. The van der Waals surface area contributed by atoms with Gasteiger partial charge in [0.25, 0.3) is 0 Å². The average molecular weight is 253 g/mol. The smallest absolute Gasteiger partial charge is 0.201 e. The molecule has 4 atom stereocenters. The van der Waals surface area contributed by atoms with Crippen LogP contribution in [0.1, 0.15) is 30.9 Å². The summed E-state index contributed by atoms with van der Waals surface area (Å²) in [4.78, 5) is 4.55. The molecular weight excluding hydrogens is 234 g/mol. The summed E-state index contributed by atoms with van der Waals surface area (Å²) >= 11 is 0. The van der Waals surface area contributed by atoms with Crippen molar-refractivity contribution < 1.29 is 0 Å². The average Bonchev–Trinajstić information content (AvgIpc) is 2.75. The Labute approximate surface area is 112 Å². The van der Waals surface area contributed by atoms with Gasteiger partial charge in [-0.05, 0) is 67.6 Å². The number of benzene rings is 1. The number of anilines is 1. The van der Waals surface area contributed by atoms with Gasteiger partial charge in [0.05, 0.1) is 11.0 Å². The Morgan fingerprint density at radius 3 is 2.68 bits per heavy atom. The zero-order valence-electron chi connectivity index (χ0n) is 11.2. The number of aromatic nitrogens is 2. The van der Waals surface area contributed by atoms with Crippen molar-refractivity contribution in [3.8, 4) is 0 Å². The predicted octanol–water partition coefficient (Wildman–Crippen LogP) is 3.14. The Morgan fingerprint density at radius 1 is 1.21 bits per heavy atom. The van der Waals surface area contributed by atoms with Crippen LogP contribution in [0, 0.1) is 30.6 Å². The first kappa shape index (κ1) is 10.3. The van der Waals surface area contributed by atoms with Crippen LogP contribution in [0.3, 0.4) is 0 Å². The van der Waals surface area contributed by atoms with E-state index in [4.69, 9.17) is 5.73 Å². The van der Waals surface area contributed by atoms with Crippen LogP contribution in [0.2, 0.25) is 0 Å². The molecule has 98 valence electrons. The summed E-state index contributed by atoms with van der Waals surface area (Å²) in [5.41, 5.74) is 9.81. The molecule has 3 fully saturated rings. The van der Waals surface area contributed by atoms with E-state index in [-0.39, 0.29) is 0 Å². The Bertz CT molecular complexity index is 671. The number of fused-ring (bicyclic) bond motifs is 6. The van der Waals surface area contributed by atoms with E-state index in [1.807, 2.05) is 0 Å². The van der Waals surface area contributed by atoms with E-state index in [2.05, 4.69) is 34.7 Å². The molecule has 0 saturated heterocycles. The number of rotatable bonds is 1. The van der Waals surface area contributed by atoms with Gasteiger partial charge in [0, 0.05) is 6.04 Å². The first-order valence-corrected chi connectivity index (χ1v) is 7.48. The van der Waals surface area contributed by atoms with E-state index in [0.717, 1.165) is 35.1 Å². The zero-order chi connectivity index (χ0) is 12.7. The molecule has 3 nitrogen and oxygen atoms in total. The molecule has 3 aliphatic carbocycles. The van der Waals surface area contributed by atoms with Crippen molar-refractivity contribution in [2.24, 2.45) is 23.7 Å². The summed E-state index contributed by atoms with van der Waals surface area (Å²) in [6, 6.07) is 7.12. The molecule has 5 rings (SSSR count). The third kappa shape index (κ3) is 1.17. The van der Waals surface area contributed by atoms with Crippen molar-refractivity contribution in [2.45, 2.75) is 32.2 Å². The molecule has 1 aromatic heterocycles. The zero-order valence-corrected chi connectivity index (χ0v) is 11.2. The second-order valence-corrected chi connectivity index (χ2v) is 6.81. The summed E-state index contributed by atoms with van der Waals surface area (Å²) in [5.74, 6) is 4.47. The molecule has 19 heavy (non-hydrogen) atoms. The lowest BCUT2D eigenvalue weighted by Crippen LogP contribution is -2.08. The molecule has 0 radical (unpaired) electrons. The van der Waals surface area contributed by atoms with Gasteiger partial charge in [-0.15, -0.1) is 0 Å². The minimum atomic E-state index is 0.651. The van der Waals surface area contributed by atoms with Crippen LogP contribution in [-0.2, 0) is 0 Å². The molecule has 0 aliphatic heterocycles. The van der Waals surface area contributed by atoms with Crippen molar-refractivity contribution in [3.05, 3.63) is 23.8 Å². The fourth-order valence-electron chi connectivity index (χ4n) is 5.16. The van der Waals surface area contributed by atoms with Gasteiger partial charge in [-0.3, -0.25) is 0 Å². The van der Waals surface area contributed by atoms with Gasteiger partial charge < -0.3 is 10.3 Å². The van der Waals surface area contributed by atoms with Crippen molar-refractivity contribution in [1.29, 1.82) is 0 Å². The molecule has 3 heteroatoms. The molecule has 3 aliphatic rings. The summed E-state index contributed by atoms with van der Waals surface area (Å²) in [7, 11) is 0. The molecule has 0 spiro atoms. The van der Waals surface area contributed by atoms with Crippen LogP contribution in [0.25, 0.3) is 11.0 Å². The number of hydrogen-bond acceptors (Lipinski definition) is 2. The molecule has 3 saturated carbocycles. The third-order valence-electron chi connectivity index (χ3n) is 5.87. The van der Waals surface area contributed by atoms with E-state index >= 15 is 0 Å². The first-order valence-electron chi connectivity index (χ1n) is 7.48. The van der Waals surface area contributed by atoms with Gasteiger partial charge in [-0.1, -0.05) is 6.07 Å². The molecule has 2 N–H and O–H groups in total. The Morgan fingerprint density at radius 2 is 1.95 bits per heavy atom. The Kier molecular flexibility index (Phi) is 1.70. The Hall–Kier alpha value is -1.51. The van der Waals surface area contributed by atoms with E-state index in [1.165, 1.54) is 30.3 Å². The monoisotopic (exact) mass is 253 g/mol. The third-order valence-corrected chi connectivity index (χ3v) is 5.87. The fourth-order valence-corrected chi connectivity index (χ4v) is 5.16. The highest BCUT2D eigenvalue weighted by Crippen LogP contribution is 2.72. The summed E-state index contributed by atoms with van der Waals surface area (Å²) in [6.07, 6.45) is 4.39. The van der Waals surface area contributed by atoms with E-state index in [0.29, 0.717) is 6.04 Å². The lowest BCUT2D eigenvalue weighted by molar-refractivity contribution is 0.456. The number of nitrogens with two attached hydrogens (primary N) is 1. The van der Waals surface area contributed by atoms with Crippen molar-refractivity contribution >= 4 is 17.0 Å². The van der Waals surface area contributed by atoms with Crippen molar-refractivity contribution in [1.82, 2.24) is 9.55 Å². The van der Waals surface area contributed by atoms with Crippen LogP contribution in [0.15, 0.2) is 18.2 Å². The molecular formula is C16H19N3. The second-order valence-electron chi connectivity index (χ2n) is 6.81. The number of imidazole rings is 1. The van der Waals surface area contributed by atoms with Gasteiger partial charge in [-0.25, -0.2) is 4.98 Å². The standard InChI is InChI=1S/C16H19N3/c1-8-2-5-11-12(6-8)19(16(17)18-11)15-13-9-3-4-10(7-9)14(13)15/h2,5-6,9-10,13-15H,3-4,7H2,1H3,(H2,17,18).